The third kappa shape index (κ3) is 3.42. The number of nitrogens with one attached hydrogen (secondary N) is 1. The quantitative estimate of drug-likeness (QED) is 0.906. The molecule has 0 spiro atoms. The number of pyridine rings is 1. The summed E-state index contributed by atoms with van der Waals surface area (Å²) < 4.78 is 13.6. The number of carbonyl (C=O) groups is 2. The monoisotopic (exact) mass is 288 g/mol. The SMILES string of the molecule is CCc1ccc(NC(=O)c2ccnc(C(=O)O)c2)cc1F. The number of aromatic nitrogens is 1. The van der Waals surface area contributed by atoms with E-state index in [-0.39, 0.29) is 11.3 Å². The summed E-state index contributed by atoms with van der Waals surface area (Å²) in [6.45, 7) is 1.83. The molecule has 2 rings (SSSR count). The molecule has 1 heterocycles. The summed E-state index contributed by atoms with van der Waals surface area (Å²) >= 11 is 0. The van der Waals surface area contributed by atoms with Gasteiger partial charge in [-0.2, -0.15) is 0 Å². The molecule has 0 bridgehead atoms. The van der Waals surface area contributed by atoms with Gasteiger partial charge in [0.25, 0.3) is 5.91 Å². The van der Waals surface area contributed by atoms with E-state index in [1.807, 2.05) is 6.92 Å². The van der Waals surface area contributed by atoms with Gasteiger partial charge in [-0.3, -0.25) is 4.79 Å². The summed E-state index contributed by atoms with van der Waals surface area (Å²) in [4.78, 5) is 26.4. The standard InChI is InChI=1S/C15H13FN2O3/c1-2-9-3-4-11(8-12(9)16)18-14(19)10-5-6-17-13(7-10)15(20)21/h3-8H,2H2,1H3,(H,18,19)(H,20,21). The number of carbonyl (C=O) groups excluding carboxylic acids is 1. The number of carboxylic acid groups (broad SMARTS) is 1. The molecule has 2 N–H and O–H groups in total. The molecule has 5 nitrogen and oxygen atoms in total. The normalized spacial score (nSPS) is 10.2. The van der Waals surface area contributed by atoms with Crippen molar-refractivity contribution in [3.63, 3.8) is 0 Å². The predicted molar refractivity (Wildman–Crippen MR) is 74.9 cm³/mol. The first-order chi connectivity index (χ1) is 10.0. The lowest BCUT2D eigenvalue weighted by atomic mass is 10.1. The van der Waals surface area contributed by atoms with Crippen LogP contribution in [0.15, 0.2) is 36.5 Å². The molecule has 0 aliphatic carbocycles. The Morgan fingerprint density at radius 1 is 1.29 bits per heavy atom. The maximum Gasteiger partial charge on any atom is 0.354 e. The van der Waals surface area contributed by atoms with E-state index in [0.717, 1.165) is 6.07 Å². The summed E-state index contributed by atoms with van der Waals surface area (Å²) in [5, 5.41) is 11.3. The second kappa shape index (κ2) is 6.13. The number of amides is 1. The highest BCUT2D eigenvalue weighted by Crippen LogP contribution is 2.16. The Hall–Kier alpha value is -2.76. The first-order valence-electron chi connectivity index (χ1n) is 6.30. The molecule has 1 aromatic heterocycles. The minimum absolute atomic E-state index is 0.141. The van der Waals surface area contributed by atoms with E-state index in [0.29, 0.717) is 17.7 Å². The molecule has 0 aliphatic rings. The number of halogens is 1. The van der Waals surface area contributed by atoms with Crippen LogP contribution in [0.4, 0.5) is 10.1 Å². The molecule has 21 heavy (non-hydrogen) atoms. The van der Waals surface area contributed by atoms with Crippen molar-refractivity contribution in [1.29, 1.82) is 0 Å². The number of anilines is 1. The molecule has 0 saturated heterocycles. The van der Waals surface area contributed by atoms with Crippen LogP contribution in [0.1, 0.15) is 33.3 Å². The van der Waals surface area contributed by atoms with Gasteiger partial charge >= 0.3 is 5.97 Å². The van der Waals surface area contributed by atoms with Gasteiger partial charge in [0.1, 0.15) is 11.5 Å². The molecule has 1 aromatic carbocycles. The fourth-order valence-corrected chi connectivity index (χ4v) is 1.80. The number of aromatic carboxylic acids is 1. The molecule has 6 heteroatoms. The van der Waals surface area contributed by atoms with E-state index in [1.54, 1.807) is 12.1 Å². The van der Waals surface area contributed by atoms with Gasteiger partial charge in [-0.15, -0.1) is 0 Å². The van der Waals surface area contributed by atoms with Crippen molar-refractivity contribution < 1.29 is 19.1 Å². The van der Waals surface area contributed by atoms with Gasteiger partial charge in [-0.1, -0.05) is 13.0 Å². The Kier molecular flexibility index (Phi) is 4.27. The zero-order valence-corrected chi connectivity index (χ0v) is 11.3. The number of hydrogen-bond donors (Lipinski definition) is 2. The maximum absolute atomic E-state index is 13.6. The van der Waals surface area contributed by atoms with E-state index >= 15 is 0 Å². The van der Waals surface area contributed by atoms with Crippen molar-refractivity contribution in [3.8, 4) is 0 Å². The average molecular weight is 288 g/mol. The number of nitrogens with zero attached hydrogens (tertiary/aromatic N) is 1. The Morgan fingerprint density at radius 3 is 2.67 bits per heavy atom. The predicted octanol–water partition coefficient (Wildman–Crippen LogP) is 2.73. The van der Waals surface area contributed by atoms with Crippen LogP contribution < -0.4 is 5.32 Å². The lowest BCUT2D eigenvalue weighted by Gasteiger charge is -2.07. The summed E-state index contributed by atoms with van der Waals surface area (Å²) in [6.07, 6.45) is 1.80. The zero-order valence-electron chi connectivity index (χ0n) is 11.3. The Balaban J connectivity index is 2.20. The minimum atomic E-state index is -1.22. The largest absolute Gasteiger partial charge is 0.477 e. The molecule has 0 unspecified atom stereocenters. The van der Waals surface area contributed by atoms with E-state index in [9.17, 15) is 14.0 Å². The first kappa shape index (κ1) is 14.6. The third-order valence-corrected chi connectivity index (χ3v) is 2.93. The first-order valence-corrected chi connectivity index (χ1v) is 6.30. The van der Waals surface area contributed by atoms with Crippen LogP contribution in [0, 0.1) is 5.82 Å². The van der Waals surface area contributed by atoms with Crippen LogP contribution >= 0.6 is 0 Å². The fourth-order valence-electron chi connectivity index (χ4n) is 1.80. The van der Waals surface area contributed by atoms with Gasteiger partial charge in [-0.05, 0) is 36.2 Å². The average Bonchev–Trinajstić information content (AvgIpc) is 2.47. The maximum atomic E-state index is 13.6. The number of benzene rings is 1. The molecule has 0 fully saturated rings. The van der Waals surface area contributed by atoms with Crippen molar-refractivity contribution in [1.82, 2.24) is 4.98 Å². The lowest BCUT2D eigenvalue weighted by molar-refractivity contribution is 0.0690. The molecule has 0 aliphatic heterocycles. The van der Waals surface area contributed by atoms with Gasteiger partial charge < -0.3 is 10.4 Å². The van der Waals surface area contributed by atoms with Crippen molar-refractivity contribution in [3.05, 3.63) is 59.2 Å². The van der Waals surface area contributed by atoms with E-state index in [1.165, 1.54) is 18.3 Å². The highest BCUT2D eigenvalue weighted by molar-refractivity contribution is 6.05. The fraction of sp³-hybridized carbons (Fsp3) is 0.133. The highest BCUT2D eigenvalue weighted by atomic mass is 19.1. The number of carboxylic acids is 1. The van der Waals surface area contributed by atoms with Crippen molar-refractivity contribution in [2.24, 2.45) is 0 Å². The highest BCUT2D eigenvalue weighted by Gasteiger charge is 2.11. The van der Waals surface area contributed by atoms with Crippen LogP contribution in [-0.2, 0) is 6.42 Å². The summed E-state index contributed by atoms with van der Waals surface area (Å²) in [6, 6.07) is 6.97. The Bertz CT molecular complexity index is 701. The van der Waals surface area contributed by atoms with Crippen LogP contribution in [0.3, 0.4) is 0 Å². The van der Waals surface area contributed by atoms with E-state index in [4.69, 9.17) is 5.11 Å². The van der Waals surface area contributed by atoms with Gasteiger partial charge in [0, 0.05) is 17.4 Å². The number of rotatable bonds is 4. The summed E-state index contributed by atoms with van der Waals surface area (Å²) in [5.41, 5.74) is 0.783. The molecule has 108 valence electrons. The van der Waals surface area contributed by atoms with Gasteiger partial charge in [0.2, 0.25) is 0 Å². The van der Waals surface area contributed by atoms with Crippen LogP contribution in [0.2, 0.25) is 0 Å². The van der Waals surface area contributed by atoms with Crippen molar-refractivity contribution in [2.75, 3.05) is 5.32 Å². The topological polar surface area (TPSA) is 79.3 Å². The molecule has 0 saturated carbocycles. The lowest BCUT2D eigenvalue weighted by Crippen LogP contribution is -2.13. The summed E-state index contributed by atoms with van der Waals surface area (Å²) in [5.74, 6) is -2.14. The van der Waals surface area contributed by atoms with Crippen molar-refractivity contribution in [2.45, 2.75) is 13.3 Å². The van der Waals surface area contributed by atoms with E-state index < -0.39 is 17.7 Å². The second-order valence-electron chi connectivity index (χ2n) is 4.35. The Morgan fingerprint density at radius 2 is 2.05 bits per heavy atom. The zero-order chi connectivity index (χ0) is 15.4. The molecule has 0 atom stereocenters. The van der Waals surface area contributed by atoms with Crippen LogP contribution in [-0.4, -0.2) is 22.0 Å². The molecule has 2 aromatic rings. The second-order valence-corrected chi connectivity index (χ2v) is 4.35. The minimum Gasteiger partial charge on any atom is -0.477 e. The third-order valence-electron chi connectivity index (χ3n) is 2.93. The summed E-state index contributed by atoms with van der Waals surface area (Å²) in [7, 11) is 0. The smallest absolute Gasteiger partial charge is 0.354 e. The Labute approximate surface area is 120 Å². The van der Waals surface area contributed by atoms with Crippen LogP contribution in [0.5, 0.6) is 0 Å². The molecule has 1 amide bonds. The van der Waals surface area contributed by atoms with Gasteiger partial charge in [-0.25, -0.2) is 14.2 Å². The van der Waals surface area contributed by atoms with Gasteiger partial charge in [0.05, 0.1) is 0 Å². The number of aryl methyl sites for hydroxylation is 1. The van der Waals surface area contributed by atoms with Gasteiger partial charge in [0.15, 0.2) is 0 Å². The molecular formula is C15H13FN2O3. The van der Waals surface area contributed by atoms with Crippen LogP contribution in [0.25, 0.3) is 0 Å². The molecular weight excluding hydrogens is 275 g/mol. The van der Waals surface area contributed by atoms with Crippen molar-refractivity contribution >= 4 is 17.6 Å². The van der Waals surface area contributed by atoms with E-state index in [2.05, 4.69) is 10.3 Å². The molecule has 0 radical (unpaired) electrons. The number of hydrogen-bond acceptors (Lipinski definition) is 3.